The van der Waals surface area contributed by atoms with Crippen molar-refractivity contribution in [3.05, 3.63) is 24.5 Å². The van der Waals surface area contributed by atoms with Gasteiger partial charge < -0.3 is 4.90 Å². The molecule has 0 unspecified atom stereocenters. The van der Waals surface area contributed by atoms with E-state index >= 15 is 0 Å². The molecule has 0 aliphatic rings. The Bertz CT molecular complexity index is 497. The maximum Gasteiger partial charge on any atom is 0.174 e. The molecule has 0 atom stereocenters. The van der Waals surface area contributed by atoms with Gasteiger partial charge in [-0.15, -0.1) is 5.10 Å². The molecule has 0 N–H and O–H groups in total. The molecule has 0 saturated carbocycles. The van der Waals surface area contributed by atoms with Crippen molar-refractivity contribution in [1.29, 1.82) is 0 Å². The van der Waals surface area contributed by atoms with Gasteiger partial charge in [0.15, 0.2) is 11.5 Å². The summed E-state index contributed by atoms with van der Waals surface area (Å²) in [5.41, 5.74) is 0.830. The zero-order valence-corrected chi connectivity index (χ0v) is 9.05. The third-order valence-corrected chi connectivity index (χ3v) is 2.16. The fourth-order valence-corrected chi connectivity index (χ4v) is 1.13. The van der Waals surface area contributed by atoms with Crippen LogP contribution in [0.2, 0.25) is 0 Å². The summed E-state index contributed by atoms with van der Waals surface area (Å²) in [6.45, 7) is 1.94. The van der Waals surface area contributed by atoms with Crippen molar-refractivity contribution >= 4 is 17.3 Å². The van der Waals surface area contributed by atoms with E-state index in [0.717, 1.165) is 11.5 Å². The first kappa shape index (κ1) is 9.64. The Morgan fingerprint density at radius 1 is 1.40 bits per heavy atom. The number of hydrogen-bond donors (Lipinski definition) is 0. The quantitative estimate of drug-likeness (QED) is 0.519. The van der Waals surface area contributed by atoms with Crippen LogP contribution in [0.25, 0.3) is 5.65 Å². The highest BCUT2D eigenvalue weighted by molar-refractivity contribution is 5.81. The summed E-state index contributed by atoms with van der Waals surface area (Å²) in [7, 11) is 3.91. The topological polar surface area (TPSA) is 45.8 Å². The van der Waals surface area contributed by atoms with E-state index in [0.29, 0.717) is 5.82 Å². The molecule has 0 aromatic carbocycles. The van der Waals surface area contributed by atoms with Crippen LogP contribution in [0, 0.1) is 0 Å². The normalized spacial score (nSPS) is 12.1. The summed E-state index contributed by atoms with van der Waals surface area (Å²) < 4.78 is 1.71. The highest BCUT2D eigenvalue weighted by Crippen LogP contribution is 2.09. The molecule has 0 fully saturated rings. The van der Waals surface area contributed by atoms with E-state index in [1.807, 2.05) is 38.1 Å². The Balaban J connectivity index is 2.40. The second-order valence-corrected chi connectivity index (χ2v) is 3.47. The number of aliphatic imine (C=N–C) groups is 1. The summed E-state index contributed by atoms with van der Waals surface area (Å²) in [5.74, 6) is 1.61. The Labute approximate surface area is 88.1 Å². The minimum absolute atomic E-state index is 0.687. The molecule has 0 amide bonds. The van der Waals surface area contributed by atoms with Crippen LogP contribution in [0.4, 0.5) is 5.82 Å². The third-order valence-electron chi connectivity index (χ3n) is 2.16. The van der Waals surface area contributed by atoms with E-state index in [4.69, 9.17) is 0 Å². The van der Waals surface area contributed by atoms with Crippen LogP contribution in [0.3, 0.4) is 0 Å². The first-order chi connectivity index (χ1) is 7.16. The predicted octanol–water partition coefficient (Wildman–Crippen LogP) is 1.34. The number of rotatable bonds is 1. The van der Waals surface area contributed by atoms with E-state index in [-0.39, 0.29) is 0 Å². The zero-order valence-electron chi connectivity index (χ0n) is 9.05. The van der Waals surface area contributed by atoms with Crippen LogP contribution in [0.5, 0.6) is 0 Å². The SMILES string of the molecule is CC(=Nc1ccc2nccn2n1)N(C)C. The van der Waals surface area contributed by atoms with Crippen molar-refractivity contribution in [2.24, 2.45) is 4.99 Å². The van der Waals surface area contributed by atoms with E-state index in [1.54, 1.807) is 16.9 Å². The van der Waals surface area contributed by atoms with Crippen LogP contribution in [-0.4, -0.2) is 39.4 Å². The molecule has 0 spiro atoms. The first-order valence-electron chi connectivity index (χ1n) is 4.70. The lowest BCUT2D eigenvalue weighted by atomic mass is 10.5. The van der Waals surface area contributed by atoms with Gasteiger partial charge in [-0.1, -0.05) is 0 Å². The van der Waals surface area contributed by atoms with Gasteiger partial charge in [0.25, 0.3) is 0 Å². The van der Waals surface area contributed by atoms with E-state index in [9.17, 15) is 0 Å². The molecule has 15 heavy (non-hydrogen) atoms. The smallest absolute Gasteiger partial charge is 0.174 e. The second kappa shape index (κ2) is 3.68. The number of aromatic nitrogens is 3. The average molecular weight is 203 g/mol. The van der Waals surface area contributed by atoms with E-state index < -0.39 is 0 Å². The Hall–Kier alpha value is -1.91. The van der Waals surface area contributed by atoms with Crippen molar-refractivity contribution in [3.63, 3.8) is 0 Å². The molecular weight excluding hydrogens is 190 g/mol. The summed E-state index contributed by atoms with van der Waals surface area (Å²) in [4.78, 5) is 10.4. The fraction of sp³-hybridized carbons (Fsp3) is 0.300. The van der Waals surface area contributed by atoms with Crippen molar-refractivity contribution in [3.8, 4) is 0 Å². The van der Waals surface area contributed by atoms with Crippen molar-refractivity contribution in [2.75, 3.05) is 14.1 Å². The Morgan fingerprint density at radius 2 is 2.20 bits per heavy atom. The minimum Gasteiger partial charge on any atom is -0.366 e. The van der Waals surface area contributed by atoms with Gasteiger partial charge >= 0.3 is 0 Å². The average Bonchev–Trinajstić information content (AvgIpc) is 2.64. The summed E-state index contributed by atoms with van der Waals surface area (Å²) in [6.07, 6.45) is 3.52. The van der Waals surface area contributed by atoms with Crippen LogP contribution in [0.15, 0.2) is 29.5 Å². The molecule has 0 bridgehead atoms. The second-order valence-electron chi connectivity index (χ2n) is 3.47. The van der Waals surface area contributed by atoms with Crippen molar-refractivity contribution in [1.82, 2.24) is 19.5 Å². The molecular formula is C10H13N5. The van der Waals surface area contributed by atoms with E-state index in [1.165, 1.54) is 0 Å². The summed E-state index contributed by atoms with van der Waals surface area (Å²) >= 11 is 0. The Kier molecular flexibility index (Phi) is 2.37. The molecule has 2 rings (SSSR count). The molecule has 2 aromatic heterocycles. The number of hydrogen-bond acceptors (Lipinski definition) is 3. The maximum atomic E-state index is 4.37. The Morgan fingerprint density at radius 3 is 2.93 bits per heavy atom. The number of fused-ring (bicyclic) bond motifs is 1. The third kappa shape index (κ3) is 1.96. The summed E-state index contributed by atoms with van der Waals surface area (Å²) in [5, 5.41) is 4.30. The highest BCUT2D eigenvalue weighted by atomic mass is 15.3. The molecule has 5 nitrogen and oxygen atoms in total. The van der Waals surface area contributed by atoms with Crippen molar-refractivity contribution < 1.29 is 0 Å². The van der Waals surface area contributed by atoms with Crippen LogP contribution >= 0.6 is 0 Å². The van der Waals surface area contributed by atoms with Gasteiger partial charge in [0, 0.05) is 26.5 Å². The first-order valence-corrected chi connectivity index (χ1v) is 4.70. The molecule has 0 aliphatic carbocycles. The van der Waals surface area contributed by atoms with Crippen LogP contribution in [0.1, 0.15) is 6.92 Å². The van der Waals surface area contributed by atoms with Crippen molar-refractivity contribution in [2.45, 2.75) is 6.92 Å². The lowest BCUT2D eigenvalue weighted by Crippen LogP contribution is -2.17. The minimum atomic E-state index is 0.687. The van der Waals surface area contributed by atoms with Gasteiger partial charge in [0.05, 0.1) is 0 Å². The standard InChI is InChI=1S/C10H13N5/c1-8(14(2)3)12-9-4-5-10-11-6-7-15(10)13-9/h4-7H,1-3H3. The maximum absolute atomic E-state index is 4.37. The van der Waals surface area contributed by atoms with Gasteiger partial charge in [0.1, 0.15) is 5.84 Å². The largest absolute Gasteiger partial charge is 0.366 e. The van der Waals surface area contributed by atoms with Crippen LogP contribution in [-0.2, 0) is 0 Å². The molecule has 5 heteroatoms. The molecule has 2 aromatic rings. The van der Waals surface area contributed by atoms with Gasteiger partial charge in [-0.25, -0.2) is 14.5 Å². The predicted molar refractivity (Wildman–Crippen MR) is 59.4 cm³/mol. The van der Waals surface area contributed by atoms with Gasteiger partial charge in [-0.05, 0) is 19.1 Å². The zero-order chi connectivity index (χ0) is 10.8. The number of amidine groups is 1. The molecule has 0 aliphatic heterocycles. The molecule has 0 saturated heterocycles. The van der Waals surface area contributed by atoms with E-state index in [2.05, 4.69) is 15.1 Å². The van der Waals surface area contributed by atoms with Gasteiger partial charge in [0.2, 0.25) is 0 Å². The highest BCUT2D eigenvalue weighted by Gasteiger charge is 1.98. The number of imidazole rings is 1. The lowest BCUT2D eigenvalue weighted by molar-refractivity contribution is 0.618. The number of nitrogens with zero attached hydrogens (tertiary/aromatic N) is 5. The molecule has 2 heterocycles. The molecule has 0 radical (unpaired) electrons. The fourth-order valence-electron chi connectivity index (χ4n) is 1.13. The van der Waals surface area contributed by atoms with Gasteiger partial charge in [-0.3, -0.25) is 0 Å². The van der Waals surface area contributed by atoms with Crippen LogP contribution < -0.4 is 0 Å². The molecule has 78 valence electrons. The summed E-state index contributed by atoms with van der Waals surface area (Å²) in [6, 6.07) is 3.75. The van der Waals surface area contributed by atoms with Gasteiger partial charge in [-0.2, -0.15) is 0 Å². The monoisotopic (exact) mass is 203 g/mol. The lowest BCUT2D eigenvalue weighted by Gasteiger charge is -2.10.